The Labute approximate surface area is 76.0 Å². The van der Waals surface area contributed by atoms with Crippen LogP contribution in [0.1, 0.15) is 6.92 Å². The molecule has 0 aromatic heterocycles. The highest BCUT2D eigenvalue weighted by atomic mass is 32.3. The van der Waals surface area contributed by atoms with Gasteiger partial charge in [0.25, 0.3) is 0 Å². The van der Waals surface area contributed by atoms with Crippen molar-refractivity contribution in [1.82, 2.24) is 12.3 Å². The van der Waals surface area contributed by atoms with Gasteiger partial charge >= 0.3 is 16.5 Å². The van der Waals surface area contributed by atoms with Crippen LogP contribution in [0.2, 0.25) is 0 Å². The molecule has 0 aromatic carbocycles. The Hall–Kier alpha value is -0.940. The van der Waals surface area contributed by atoms with E-state index in [1.54, 1.807) is 6.92 Å². The molecule has 0 unspecified atom stereocenters. The summed E-state index contributed by atoms with van der Waals surface area (Å²) in [6.07, 6.45) is -0.711. The van der Waals surface area contributed by atoms with Crippen LogP contribution >= 0.6 is 0 Å². The summed E-state index contributed by atoms with van der Waals surface area (Å²) in [6, 6.07) is 0. The largest absolute Gasteiger partial charge is 0.450 e. The summed E-state index contributed by atoms with van der Waals surface area (Å²) < 4.78 is 35.8. The maximum atomic E-state index is 9.60. The maximum absolute atomic E-state index is 9.60. The Kier molecular flexibility index (Phi) is 19.3. The first kappa shape index (κ1) is 22.7. The Balaban J connectivity index is -0.0000000546. The third-order valence-corrected chi connectivity index (χ3v) is 0.287. The lowest BCUT2D eigenvalue weighted by atomic mass is 10.9. The number of ether oxygens (including phenoxy) is 1. The molecule has 0 heterocycles. The van der Waals surface area contributed by atoms with E-state index in [9.17, 15) is 4.79 Å². The number of rotatable bonds is 1. The first-order valence-corrected chi connectivity index (χ1v) is 3.79. The molecule has 10 N–H and O–H groups in total. The van der Waals surface area contributed by atoms with Gasteiger partial charge in [0.05, 0.1) is 6.61 Å². The maximum Gasteiger partial charge on any atom is 0.404 e. The van der Waals surface area contributed by atoms with E-state index in [0.717, 1.165) is 0 Å². The second-order valence-corrected chi connectivity index (χ2v) is 2.10. The SMILES string of the molecule is CCOC(N)=O.N.N.O=S(=O)(O)O. The van der Waals surface area contributed by atoms with Gasteiger partial charge in [-0.1, -0.05) is 0 Å². The molecule has 0 saturated heterocycles. The fourth-order valence-electron chi connectivity index (χ4n) is 0.142. The zero-order valence-electron chi connectivity index (χ0n) is 7.13. The molecule has 0 atom stereocenters. The number of hydrogen-bond acceptors (Lipinski definition) is 6. The highest BCUT2D eigenvalue weighted by Crippen LogP contribution is 1.66. The van der Waals surface area contributed by atoms with Crippen molar-refractivity contribution in [1.29, 1.82) is 0 Å². The van der Waals surface area contributed by atoms with Crippen molar-refractivity contribution in [2.75, 3.05) is 6.61 Å². The van der Waals surface area contributed by atoms with Crippen LogP contribution in [0, 0.1) is 0 Å². The molecule has 0 rings (SSSR count). The number of carbonyl (C=O) groups excluding carboxylic acids is 1. The number of hydrogen-bond donors (Lipinski definition) is 5. The Morgan fingerprint density at radius 3 is 1.62 bits per heavy atom. The van der Waals surface area contributed by atoms with Crippen LogP contribution in [0.25, 0.3) is 0 Å². The molecule has 10 heteroatoms. The molecule has 0 bridgehead atoms. The molecule has 84 valence electrons. The van der Waals surface area contributed by atoms with Crippen molar-refractivity contribution in [2.45, 2.75) is 6.92 Å². The van der Waals surface area contributed by atoms with Crippen LogP contribution in [0.5, 0.6) is 0 Å². The molecule has 0 fully saturated rings. The molecule has 9 nitrogen and oxygen atoms in total. The van der Waals surface area contributed by atoms with Gasteiger partial charge in [-0.15, -0.1) is 0 Å². The Morgan fingerprint density at radius 1 is 1.38 bits per heavy atom. The van der Waals surface area contributed by atoms with E-state index in [1.165, 1.54) is 0 Å². The zero-order chi connectivity index (χ0) is 9.49. The van der Waals surface area contributed by atoms with E-state index in [4.69, 9.17) is 17.5 Å². The Morgan fingerprint density at radius 2 is 1.62 bits per heavy atom. The van der Waals surface area contributed by atoms with Crippen molar-refractivity contribution in [3.8, 4) is 0 Å². The van der Waals surface area contributed by atoms with E-state index in [-0.39, 0.29) is 12.3 Å². The minimum absolute atomic E-state index is 0. The first-order chi connectivity index (χ1) is 4.77. The highest BCUT2D eigenvalue weighted by Gasteiger charge is 1.84. The fourth-order valence-corrected chi connectivity index (χ4v) is 0.142. The van der Waals surface area contributed by atoms with E-state index in [0.29, 0.717) is 6.61 Å². The van der Waals surface area contributed by atoms with Gasteiger partial charge in [-0.2, -0.15) is 8.42 Å². The summed E-state index contributed by atoms with van der Waals surface area (Å²) in [4.78, 5) is 9.60. The number of carbonyl (C=O) groups is 1. The molecule has 0 radical (unpaired) electrons. The molecule has 0 saturated carbocycles. The van der Waals surface area contributed by atoms with E-state index in [2.05, 4.69) is 10.5 Å². The zero-order valence-corrected chi connectivity index (χ0v) is 7.95. The quantitative estimate of drug-likeness (QED) is 0.374. The van der Waals surface area contributed by atoms with Crippen molar-refractivity contribution >= 4 is 16.5 Å². The van der Waals surface area contributed by atoms with Crippen molar-refractivity contribution in [2.24, 2.45) is 5.73 Å². The summed E-state index contributed by atoms with van der Waals surface area (Å²) in [5, 5.41) is 0. The summed E-state index contributed by atoms with van der Waals surface area (Å²) in [5.41, 5.74) is 4.54. The van der Waals surface area contributed by atoms with Gasteiger partial charge in [-0.05, 0) is 6.92 Å². The smallest absolute Gasteiger partial charge is 0.404 e. The van der Waals surface area contributed by atoms with E-state index >= 15 is 0 Å². The lowest BCUT2D eigenvalue weighted by Crippen LogP contribution is -2.11. The molecular formula is C3H15N3O6S. The van der Waals surface area contributed by atoms with Gasteiger partial charge in [-0.3, -0.25) is 9.11 Å². The first-order valence-electron chi connectivity index (χ1n) is 2.39. The van der Waals surface area contributed by atoms with Crippen molar-refractivity contribution < 1.29 is 27.1 Å². The normalized spacial score (nSPS) is 7.92. The van der Waals surface area contributed by atoms with Gasteiger partial charge in [0, 0.05) is 0 Å². The van der Waals surface area contributed by atoms with Gasteiger partial charge in [0.1, 0.15) is 0 Å². The van der Waals surface area contributed by atoms with Crippen molar-refractivity contribution in [3.63, 3.8) is 0 Å². The van der Waals surface area contributed by atoms with Crippen LogP contribution < -0.4 is 18.0 Å². The molecule has 0 aliphatic carbocycles. The summed E-state index contributed by atoms with van der Waals surface area (Å²) in [7, 11) is -4.67. The number of nitrogens with two attached hydrogens (primary N) is 1. The molecular weight excluding hydrogens is 206 g/mol. The number of primary amides is 1. The van der Waals surface area contributed by atoms with E-state index < -0.39 is 16.5 Å². The van der Waals surface area contributed by atoms with Crippen LogP contribution in [0.3, 0.4) is 0 Å². The minimum atomic E-state index is -4.67. The van der Waals surface area contributed by atoms with Crippen LogP contribution in [0.15, 0.2) is 0 Å². The van der Waals surface area contributed by atoms with Crippen LogP contribution in [-0.4, -0.2) is 30.2 Å². The second-order valence-electron chi connectivity index (χ2n) is 1.20. The topological polar surface area (TPSA) is 197 Å². The average molecular weight is 221 g/mol. The molecule has 13 heavy (non-hydrogen) atoms. The van der Waals surface area contributed by atoms with E-state index in [1.807, 2.05) is 0 Å². The second kappa shape index (κ2) is 11.1. The van der Waals surface area contributed by atoms with Gasteiger partial charge in [-0.25, -0.2) is 4.79 Å². The predicted octanol–water partition coefficient (Wildman–Crippen LogP) is -0.227. The minimum Gasteiger partial charge on any atom is -0.450 e. The molecule has 0 spiro atoms. The van der Waals surface area contributed by atoms with Gasteiger partial charge in [0.15, 0.2) is 0 Å². The van der Waals surface area contributed by atoms with Crippen LogP contribution in [0.4, 0.5) is 4.79 Å². The predicted molar refractivity (Wildman–Crippen MR) is 45.4 cm³/mol. The molecule has 0 aliphatic heterocycles. The third kappa shape index (κ3) is 214. The molecule has 1 amide bonds. The molecule has 0 aromatic rings. The third-order valence-electron chi connectivity index (χ3n) is 0.287. The summed E-state index contributed by atoms with van der Waals surface area (Å²) >= 11 is 0. The molecule has 0 aliphatic rings. The Bertz CT molecular complexity index is 193. The highest BCUT2D eigenvalue weighted by molar-refractivity contribution is 7.79. The standard InChI is InChI=1S/C3H7NO2.2H3N.H2O4S/c1-2-6-3(4)5;;;1-5(2,3)4/h2H2,1H3,(H2,4,5);2*1H3;(H2,1,2,3,4). The number of amides is 1. The summed E-state index contributed by atoms with van der Waals surface area (Å²) in [5.74, 6) is 0. The van der Waals surface area contributed by atoms with Gasteiger partial charge < -0.3 is 22.8 Å². The van der Waals surface area contributed by atoms with Gasteiger partial charge in [0.2, 0.25) is 0 Å². The lowest BCUT2D eigenvalue weighted by Gasteiger charge is -1.89. The monoisotopic (exact) mass is 221 g/mol. The fraction of sp³-hybridized carbons (Fsp3) is 0.667. The van der Waals surface area contributed by atoms with Crippen LogP contribution in [-0.2, 0) is 15.1 Å². The summed E-state index contributed by atoms with van der Waals surface area (Å²) in [6.45, 7) is 2.06. The average Bonchev–Trinajstić information content (AvgIpc) is 1.58. The lowest BCUT2D eigenvalue weighted by molar-refractivity contribution is 0.163. The van der Waals surface area contributed by atoms with Crippen molar-refractivity contribution in [3.05, 3.63) is 0 Å².